The van der Waals surface area contributed by atoms with Gasteiger partial charge in [-0.1, -0.05) is 48.5 Å². The molecule has 0 heterocycles. The van der Waals surface area contributed by atoms with E-state index in [1.807, 2.05) is 13.0 Å². The van der Waals surface area contributed by atoms with E-state index in [9.17, 15) is 14.6 Å². The van der Waals surface area contributed by atoms with Gasteiger partial charge in [0, 0.05) is 18.4 Å². The first-order valence-corrected chi connectivity index (χ1v) is 11.8. The lowest BCUT2D eigenvalue weighted by Crippen LogP contribution is -2.32. The molecule has 2 rings (SSSR count). The lowest BCUT2D eigenvalue weighted by molar-refractivity contribution is 0.120. The van der Waals surface area contributed by atoms with Gasteiger partial charge in [-0.15, -0.1) is 0 Å². The van der Waals surface area contributed by atoms with E-state index in [0.29, 0.717) is 22.1 Å². The number of aliphatic hydroxyl groups is 1. The highest BCUT2D eigenvalue weighted by molar-refractivity contribution is 7.58. The molecule has 1 aliphatic carbocycles. The Kier molecular flexibility index (Phi) is 8.26. The predicted octanol–water partition coefficient (Wildman–Crippen LogP) is 5.20. The maximum absolute atomic E-state index is 12.4. The Hall–Kier alpha value is -0.0900. The quantitative estimate of drug-likeness (QED) is 0.408. The molecule has 2 unspecified atom stereocenters. The number of hydrogen-bond donors (Lipinski definition) is 3. The lowest BCUT2D eigenvalue weighted by atomic mass is 9.91. The van der Waals surface area contributed by atoms with Crippen molar-refractivity contribution in [3.63, 3.8) is 0 Å². The number of benzene rings is 1. The molecule has 0 radical (unpaired) electrons. The summed E-state index contributed by atoms with van der Waals surface area (Å²) in [6, 6.07) is 5.18. The first kappa shape index (κ1) is 21.2. The van der Waals surface area contributed by atoms with Crippen LogP contribution in [0.5, 0.6) is 0 Å². The van der Waals surface area contributed by atoms with Crippen molar-refractivity contribution in [3.05, 3.63) is 33.8 Å². The van der Waals surface area contributed by atoms with Crippen molar-refractivity contribution in [3.8, 4) is 0 Å². The van der Waals surface area contributed by atoms with Gasteiger partial charge < -0.3 is 10.00 Å². The van der Waals surface area contributed by atoms with Crippen LogP contribution in [0.3, 0.4) is 0 Å². The molecule has 25 heavy (non-hydrogen) atoms. The van der Waals surface area contributed by atoms with Crippen LogP contribution < -0.4 is 5.32 Å². The van der Waals surface area contributed by atoms with Crippen molar-refractivity contribution in [2.45, 2.75) is 57.7 Å². The number of halogens is 2. The van der Waals surface area contributed by atoms with E-state index in [1.54, 1.807) is 12.1 Å². The molecule has 1 fully saturated rings. The molecule has 0 aliphatic heterocycles. The molecule has 1 saturated carbocycles. The third-order valence-electron chi connectivity index (χ3n) is 4.91. The van der Waals surface area contributed by atoms with Crippen molar-refractivity contribution < 1.29 is 14.6 Å². The third-order valence-corrected chi connectivity index (χ3v) is 7.69. The highest BCUT2D eigenvalue weighted by atomic mass is 35.5. The highest BCUT2D eigenvalue weighted by Gasteiger charge is 2.26. The zero-order valence-corrected chi connectivity index (χ0v) is 17.0. The summed E-state index contributed by atoms with van der Waals surface area (Å²) in [6.45, 7) is 1.91. The summed E-state index contributed by atoms with van der Waals surface area (Å²) in [6.07, 6.45) is 5.63. The minimum Gasteiger partial charge on any atom is -0.379 e. The molecule has 142 valence electrons. The average molecular weight is 408 g/mol. The standard InChI is InChI=1S/C18H28Cl2NO3P/c1-13(15-7-8-16(19)17(20)11-15)21-18(22)9-10-25(23,24)12-14-5-3-2-4-6-14/h7-8,11,13-14,18,21-22H,2-6,9-10,12H2,1H3,(H,23,24)/t13-,18?/m0/s1. The SMILES string of the molecule is C[C@H](NC(O)CCP(=O)(O)CC1CCCCC1)c1ccc(Cl)c(Cl)c1. The Morgan fingerprint density at radius 2 is 1.92 bits per heavy atom. The van der Waals surface area contributed by atoms with Crippen LogP contribution in [-0.2, 0) is 4.57 Å². The normalized spacial score (nSPS) is 20.8. The number of hydrogen-bond acceptors (Lipinski definition) is 3. The van der Waals surface area contributed by atoms with E-state index in [-0.39, 0.29) is 18.6 Å². The van der Waals surface area contributed by atoms with E-state index in [1.165, 1.54) is 6.42 Å². The summed E-state index contributed by atoms with van der Waals surface area (Å²) in [5.41, 5.74) is 0.905. The van der Waals surface area contributed by atoms with E-state index in [0.717, 1.165) is 31.2 Å². The molecule has 4 nitrogen and oxygen atoms in total. The summed E-state index contributed by atoms with van der Waals surface area (Å²) >= 11 is 11.9. The minimum absolute atomic E-state index is 0.138. The molecule has 0 bridgehead atoms. The molecule has 3 atom stereocenters. The first-order valence-electron chi connectivity index (χ1n) is 8.97. The van der Waals surface area contributed by atoms with E-state index in [4.69, 9.17) is 23.2 Å². The molecule has 3 N–H and O–H groups in total. The van der Waals surface area contributed by atoms with Gasteiger partial charge in [0.2, 0.25) is 7.37 Å². The molecular formula is C18H28Cl2NO3P. The number of rotatable bonds is 8. The molecule has 0 saturated heterocycles. The zero-order valence-electron chi connectivity index (χ0n) is 14.6. The van der Waals surface area contributed by atoms with Gasteiger partial charge in [-0.05, 0) is 49.8 Å². The van der Waals surface area contributed by atoms with Crippen molar-refractivity contribution in [1.29, 1.82) is 0 Å². The summed E-state index contributed by atoms with van der Waals surface area (Å²) in [5, 5.41) is 14.2. The lowest BCUT2D eigenvalue weighted by Gasteiger charge is -2.25. The van der Waals surface area contributed by atoms with Crippen molar-refractivity contribution in [2.75, 3.05) is 12.3 Å². The van der Waals surface area contributed by atoms with Crippen molar-refractivity contribution >= 4 is 30.6 Å². The summed E-state index contributed by atoms with van der Waals surface area (Å²) in [5.74, 6) is 0.366. The van der Waals surface area contributed by atoms with Crippen LogP contribution in [-0.4, -0.2) is 28.6 Å². The number of nitrogens with one attached hydrogen (secondary N) is 1. The zero-order chi connectivity index (χ0) is 18.4. The largest absolute Gasteiger partial charge is 0.379 e. The molecule has 1 aliphatic rings. The van der Waals surface area contributed by atoms with Gasteiger partial charge in [0.15, 0.2) is 0 Å². The highest BCUT2D eigenvalue weighted by Crippen LogP contribution is 2.46. The molecule has 0 amide bonds. The molecule has 1 aromatic rings. The minimum atomic E-state index is -3.18. The van der Waals surface area contributed by atoms with E-state index in [2.05, 4.69) is 5.32 Å². The fourth-order valence-corrected chi connectivity index (χ4v) is 5.75. The number of aliphatic hydroxyl groups excluding tert-OH is 1. The summed E-state index contributed by atoms with van der Waals surface area (Å²) in [4.78, 5) is 10.2. The molecule has 1 aromatic carbocycles. The summed E-state index contributed by atoms with van der Waals surface area (Å²) in [7, 11) is -3.18. The molecule has 0 aromatic heterocycles. The summed E-state index contributed by atoms with van der Waals surface area (Å²) < 4.78 is 12.4. The fraction of sp³-hybridized carbons (Fsp3) is 0.667. The maximum Gasteiger partial charge on any atom is 0.201 e. The van der Waals surface area contributed by atoms with Gasteiger partial charge in [-0.25, -0.2) is 0 Å². The van der Waals surface area contributed by atoms with Gasteiger partial charge in [0.25, 0.3) is 0 Å². The molecular weight excluding hydrogens is 380 g/mol. The van der Waals surface area contributed by atoms with Crippen LogP contribution in [0.4, 0.5) is 0 Å². The second-order valence-corrected chi connectivity index (χ2v) is 10.4. The second kappa shape index (κ2) is 9.73. The van der Waals surface area contributed by atoms with Crippen LogP contribution in [0.15, 0.2) is 18.2 Å². The first-order chi connectivity index (χ1) is 11.8. The Labute approximate surface area is 160 Å². The molecule has 0 spiro atoms. The van der Waals surface area contributed by atoms with Gasteiger partial charge in [-0.3, -0.25) is 9.88 Å². The van der Waals surface area contributed by atoms with Crippen LogP contribution in [0.1, 0.15) is 57.1 Å². The Balaban J connectivity index is 1.79. The van der Waals surface area contributed by atoms with Crippen molar-refractivity contribution in [2.24, 2.45) is 5.92 Å². The van der Waals surface area contributed by atoms with Crippen molar-refractivity contribution in [1.82, 2.24) is 5.32 Å². The van der Waals surface area contributed by atoms with Gasteiger partial charge >= 0.3 is 0 Å². The predicted molar refractivity (Wildman–Crippen MR) is 105 cm³/mol. The average Bonchev–Trinajstić information content (AvgIpc) is 2.56. The van der Waals surface area contributed by atoms with Crippen LogP contribution >= 0.6 is 30.6 Å². The monoisotopic (exact) mass is 407 g/mol. The van der Waals surface area contributed by atoms with Crippen LogP contribution in [0, 0.1) is 5.92 Å². The molecule has 7 heteroatoms. The maximum atomic E-state index is 12.4. The van der Waals surface area contributed by atoms with E-state index >= 15 is 0 Å². The Morgan fingerprint density at radius 3 is 2.56 bits per heavy atom. The van der Waals surface area contributed by atoms with Gasteiger partial charge in [0.05, 0.1) is 10.0 Å². The van der Waals surface area contributed by atoms with Gasteiger partial charge in [-0.2, -0.15) is 0 Å². The van der Waals surface area contributed by atoms with Gasteiger partial charge in [0.1, 0.15) is 6.23 Å². The topological polar surface area (TPSA) is 69.6 Å². The van der Waals surface area contributed by atoms with E-state index < -0.39 is 13.6 Å². The third kappa shape index (κ3) is 7.21. The Bertz CT molecular complexity index is 608. The smallest absolute Gasteiger partial charge is 0.201 e. The second-order valence-electron chi connectivity index (χ2n) is 7.12. The van der Waals surface area contributed by atoms with Crippen LogP contribution in [0.25, 0.3) is 0 Å². The Morgan fingerprint density at radius 1 is 1.24 bits per heavy atom. The van der Waals surface area contributed by atoms with Crippen LogP contribution in [0.2, 0.25) is 10.0 Å². The fourth-order valence-electron chi connectivity index (χ4n) is 3.44.